The van der Waals surface area contributed by atoms with Crippen molar-refractivity contribution in [2.45, 2.75) is 9.79 Å². The molecule has 0 saturated heterocycles. The second-order valence-electron chi connectivity index (χ2n) is 2.98. The summed E-state index contributed by atoms with van der Waals surface area (Å²) in [5, 5.41) is 8.16. The predicted octanol–water partition coefficient (Wildman–Crippen LogP) is 0.852. The van der Waals surface area contributed by atoms with Crippen molar-refractivity contribution in [1.82, 2.24) is 0 Å². The standard InChI is InChI=1S/C8H10N2O2S2/c9-14(11,12)6-1-2-8-7(5-6)10-3-4-13-8/h1-2,5,10H,3-4H2,(H2,9,11,12). The van der Waals surface area contributed by atoms with E-state index >= 15 is 0 Å². The summed E-state index contributed by atoms with van der Waals surface area (Å²) in [7, 11) is -3.59. The molecule has 0 amide bonds. The number of sulfonamides is 1. The van der Waals surface area contributed by atoms with Crippen LogP contribution in [0.5, 0.6) is 0 Å². The van der Waals surface area contributed by atoms with Crippen LogP contribution < -0.4 is 10.5 Å². The Bertz CT molecular complexity index is 456. The largest absolute Gasteiger partial charge is 0.383 e. The second kappa shape index (κ2) is 3.45. The fourth-order valence-corrected chi connectivity index (χ4v) is 2.71. The molecule has 0 atom stereocenters. The number of rotatable bonds is 1. The predicted molar refractivity (Wildman–Crippen MR) is 57.0 cm³/mol. The molecule has 0 bridgehead atoms. The van der Waals surface area contributed by atoms with E-state index in [-0.39, 0.29) is 4.90 Å². The summed E-state index contributed by atoms with van der Waals surface area (Å²) in [4.78, 5) is 1.23. The average molecular weight is 230 g/mol. The van der Waals surface area contributed by atoms with Crippen LogP contribution in [0.3, 0.4) is 0 Å². The van der Waals surface area contributed by atoms with Gasteiger partial charge < -0.3 is 5.32 Å². The Balaban J connectivity index is 2.49. The van der Waals surface area contributed by atoms with Crippen LogP contribution in [0.25, 0.3) is 0 Å². The van der Waals surface area contributed by atoms with E-state index in [1.54, 1.807) is 23.9 Å². The van der Waals surface area contributed by atoms with Gasteiger partial charge in [-0.2, -0.15) is 0 Å². The minimum Gasteiger partial charge on any atom is -0.383 e. The fourth-order valence-electron chi connectivity index (χ4n) is 1.30. The Kier molecular flexibility index (Phi) is 2.42. The topological polar surface area (TPSA) is 72.2 Å². The van der Waals surface area contributed by atoms with Gasteiger partial charge in [0.25, 0.3) is 0 Å². The molecule has 0 spiro atoms. The normalized spacial score (nSPS) is 15.8. The molecule has 2 rings (SSSR count). The molecular weight excluding hydrogens is 220 g/mol. The van der Waals surface area contributed by atoms with Gasteiger partial charge in [-0.25, -0.2) is 13.6 Å². The third kappa shape index (κ3) is 1.87. The van der Waals surface area contributed by atoms with E-state index in [2.05, 4.69) is 5.32 Å². The second-order valence-corrected chi connectivity index (χ2v) is 5.68. The fraction of sp³-hybridized carbons (Fsp3) is 0.250. The SMILES string of the molecule is NS(=O)(=O)c1ccc2c(c1)NCCS2. The van der Waals surface area contributed by atoms with E-state index in [0.717, 1.165) is 22.9 Å². The molecule has 0 aromatic heterocycles. The van der Waals surface area contributed by atoms with Gasteiger partial charge in [-0.3, -0.25) is 0 Å². The van der Waals surface area contributed by atoms with Crippen molar-refractivity contribution in [2.75, 3.05) is 17.6 Å². The highest BCUT2D eigenvalue weighted by atomic mass is 32.2. The summed E-state index contributed by atoms with van der Waals surface area (Å²) >= 11 is 1.71. The number of nitrogens with one attached hydrogen (secondary N) is 1. The Labute approximate surface area is 86.9 Å². The van der Waals surface area contributed by atoms with Gasteiger partial charge in [0.15, 0.2) is 0 Å². The number of primary sulfonamides is 1. The third-order valence-electron chi connectivity index (χ3n) is 1.95. The lowest BCUT2D eigenvalue weighted by molar-refractivity contribution is 0.597. The minimum absolute atomic E-state index is 0.159. The van der Waals surface area contributed by atoms with E-state index in [1.165, 1.54) is 6.07 Å². The van der Waals surface area contributed by atoms with Gasteiger partial charge in [-0.1, -0.05) is 0 Å². The van der Waals surface area contributed by atoms with E-state index in [1.807, 2.05) is 0 Å². The molecule has 1 aliphatic heterocycles. The molecule has 0 unspecified atom stereocenters. The molecule has 1 heterocycles. The number of nitrogens with two attached hydrogens (primary N) is 1. The van der Waals surface area contributed by atoms with Crippen molar-refractivity contribution in [3.05, 3.63) is 18.2 Å². The minimum atomic E-state index is -3.59. The van der Waals surface area contributed by atoms with Crippen molar-refractivity contribution < 1.29 is 8.42 Å². The summed E-state index contributed by atoms with van der Waals surface area (Å²) in [6.07, 6.45) is 0. The van der Waals surface area contributed by atoms with Gasteiger partial charge in [-0.15, -0.1) is 11.8 Å². The maximum absolute atomic E-state index is 11.1. The summed E-state index contributed by atoms with van der Waals surface area (Å²) < 4.78 is 22.1. The summed E-state index contributed by atoms with van der Waals surface area (Å²) in [6.45, 7) is 0.853. The van der Waals surface area contributed by atoms with Gasteiger partial charge in [0, 0.05) is 22.9 Å². The van der Waals surface area contributed by atoms with Crippen molar-refractivity contribution in [3.8, 4) is 0 Å². The van der Waals surface area contributed by atoms with Crippen molar-refractivity contribution in [3.63, 3.8) is 0 Å². The zero-order chi connectivity index (χ0) is 10.2. The first-order valence-electron chi connectivity index (χ1n) is 4.11. The molecule has 0 saturated carbocycles. The number of fused-ring (bicyclic) bond motifs is 1. The third-order valence-corrected chi connectivity index (χ3v) is 3.94. The highest BCUT2D eigenvalue weighted by molar-refractivity contribution is 7.99. The highest BCUT2D eigenvalue weighted by Crippen LogP contribution is 2.32. The van der Waals surface area contributed by atoms with Gasteiger partial charge in [0.1, 0.15) is 0 Å². The maximum Gasteiger partial charge on any atom is 0.238 e. The Morgan fingerprint density at radius 3 is 2.93 bits per heavy atom. The van der Waals surface area contributed by atoms with Crippen LogP contribution in [0.1, 0.15) is 0 Å². The number of hydrogen-bond donors (Lipinski definition) is 2. The number of hydrogen-bond acceptors (Lipinski definition) is 4. The molecule has 1 aromatic carbocycles. The molecule has 0 fully saturated rings. The van der Waals surface area contributed by atoms with Crippen molar-refractivity contribution in [1.29, 1.82) is 0 Å². The van der Waals surface area contributed by atoms with Crippen molar-refractivity contribution in [2.24, 2.45) is 5.14 Å². The first kappa shape index (κ1) is 9.82. The molecular formula is C8H10N2O2S2. The first-order chi connectivity index (χ1) is 6.57. The molecule has 1 aromatic rings. The lowest BCUT2D eigenvalue weighted by Gasteiger charge is -2.17. The lowest BCUT2D eigenvalue weighted by atomic mass is 10.3. The van der Waals surface area contributed by atoms with Crippen LogP contribution in [0, 0.1) is 0 Å². The van der Waals surface area contributed by atoms with Crippen LogP contribution in [0.4, 0.5) is 5.69 Å². The summed E-state index contributed by atoms with van der Waals surface area (Å²) in [5.41, 5.74) is 0.854. The molecule has 76 valence electrons. The molecule has 4 nitrogen and oxygen atoms in total. The number of anilines is 1. The molecule has 1 aliphatic rings. The molecule has 14 heavy (non-hydrogen) atoms. The van der Waals surface area contributed by atoms with Crippen LogP contribution in [0.15, 0.2) is 28.0 Å². The van der Waals surface area contributed by atoms with E-state index in [4.69, 9.17) is 5.14 Å². The Morgan fingerprint density at radius 2 is 2.21 bits per heavy atom. The van der Waals surface area contributed by atoms with Gasteiger partial charge >= 0.3 is 0 Å². The Hall–Kier alpha value is -0.720. The van der Waals surface area contributed by atoms with Crippen LogP contribution in [0.2, 0.25) is 0 Å². The lowest BCUT2D eigenvalue weighted by Crippen LogP contribution is -2.15. The molecule has 3 N–H and O–H groups in total. The molecule has 0 aliphatic carbocycles. The zero-order valence-corrected chi connectivity index (χ0v) is 8.99. The molecule has 6 heteroatoms. The van der Waals surface area contributed by atoms with E-state index in [0.29, 0.717) is 0 Å². The average Bonchev–Trinajstić information content (AvgIpc) is 2.16. The van der Waals surface area contributed by atoms with Gasteiger partial charge in [0.2, 0.25) is 10.0 Å². The maximum atomic E-state index is 11.1. The summed E-state index contributed by atoms with van der Waals surface area (Å²) in [6, 6.07) is 4.90. The Morgan fingerprint density at radius 1 is 1.43 bits per heavy atom. The quantitative estimate of drug-likeness (QED) is 0.750. The summed E-state index contributed by atoms with van der Waals surface area (Å²) in [5.74, 6) is 1.00. The number of thioether (sulfide) groups is 1. The monoisotopic (exact) mass is 230 g/mol. The van der Waals surface area contributed by atoms with Crippen LogP contribution >= 0.6 is 11.8 Å². The molecule has 0 radical (unpaired) electrons. The first-order valence-corrected chi connectivity index (χ1v) is 6.64. The van der Waals surface area contributed by atoms with E-state index in [9.17, 15) is 8.42 Å². The van der Waals surface area contributed by atoms with E-state index < -0.39 is 10.0 Å². The number of benzene rings is 1. The van der Waals surface area contributed by atoms with Gasteiger partial charge in [0.05, 0.1) is 4.90 Å². The highest BCUT2D eigenvalue weighted by Gasteiger charge is 2.13. The van der Waals surface area contributed by atoms with Crippen LogP contribution in [-0.2, 0) is 10.0 Å². The zero-order valence-electron chi connectivity index (χ0n) is 7.36. The smallest absolute Gasteiger partial charge is 0.238 e. The van der Waals surface area contributed by atoms with Crippen LogP contribution in [-0.4, -0.2) is 20.7 Å². The van der Waals surface area contributed by atoms with Gasteiger partial charge in [-0.05, 0) is 18.2 Å². The van der Waals surface area contributed by atoms with Crippen molar-refractivity contribution >= 4 is 27.5 Å².